The lowest BCUT2D eigenvalue weighted by Gasteiger charge is -2.19. The van der Waals surface area contributed by atoms with Crippen molar-refractivity contribution in [2.45, 2.75) is 13.1 Å². The molecule has 0 aliphatic heterocycles. The molecule has 0 bridgehead atoms. The smallest absolute Gasteiger partial charge is 0.242 e. The average Bonchev–Trinajstić information content (AvgIpc) is 3.18. The molecule has 6 nitrogen and oxygen atoms in total. The number of aromatic amines is 1. The molecule has 2 heterocycles. The van der Waals surface area contributed by atoms with Crippen molar-refractivity contribution in [1.29, 1.82) is 0 Å². The molecule has 0 saturated heterocycles. The molecule has 0 radical (unpaired) electrons. The van der Waals surface area contributed by atoms with Crippen molar-refractivity contribution in [3.8, 4) is 0 Å². The summed E-state index contributed by atoms with van der Waals surface area (Å²) in [7, 11) is 1.77. The number of nitrogens with zero attached hydrogens (tertiary/aromatic N) is 3. The maximum absolute atomic E-state index is 13.1. The number of H-pyrrole nitrogens is 1. The average molecular weight is 396 g/mol. The van der Waals surface area contributed by atoms with Gasteiger partial charge in [-0.3, -0.25) is 9.59 Å². The molecule has 0 spiro atoms. The normalized spacial score (nSPS) is 11.4. The summed E-state index contributed by atoms with van der Waals surface area (Å²) in [5.41, 5.74) is 3.33. The zero-order valence-corrected chi connectivity index (χ0v) is 16.5. The fourth-order valence-corrected chi connectivity index (χ4v) is 3.90. The van der Waals surface area contributed by atoms with E-state index < -0.39 is 0 Å². The first-order valence-electron chi connectivity index (χ1n) is 9.80. The number of hydrogen-bond acceptors (Lipinski definition) is 3. The fourth-order valence-electron chi connectivity index (χ4n) is 3.90. The predicted molar refractivity (Wildman–Crippen MR) is 118 cm³/mol. The summed E-state index contributed by atoms with van der Waals surface area (Å²) < 4.78 is 1.92. The van der Waals surface area contributed by atoms with Gasteiger partial charge in [0.2, 0.25) is 5.91 Å². The number of rotatable bonds is 4. The number of benzene rings is 3. The maximum Gasteiger partial charge on any atom is 0.242 e. The Morgan fingerprint density at radius 1 is 0.933 bits per heavy atom. The zero-order valence-electron chi connectivity index (χ0n) is 16.5. The maximum atomic E-state index is 13.1. The Bertz CT molecular complexity index is 1370. The van der Waals surface area contributed by atoms with Crippen LogP contribution in [-0.4, -0.2) is 32.4 Å². The van der Waals surface area contributed by atoms with Crippen LogP contribution in [0.5, 0.6) is 0 Å². The van der Waals surface area contributed by atoms with Gasteiger partial charge in [0.15, 0.2) is 5.43 Å². The topological polar surface area (TPSA) is 71.0 Å². The molecule has 5 aromatic rings. The minimum atomic E-state index is -0.0607. The molecule has 30 heavy (non-hydrogen) atoms. The first kappa shape index (κ1) is 18.1. The van der Waals surface area contributed by atoms with E-state index in [2.05, 4.69) is 9.97 Å². The predicted octanol–water partition coefficient (Wildman–Crippen LogP) is 3.69. The second kappa shape index (κ2) is 7.15. The molecule has 0 fully saturated rings. The van der Waals surface area contributed by atoms with Gasteiger partial charge in [-0.2, -0.15) is 0 Å². The molecule has 0 unspecified atom stereocenters. The van der Waals surface area contributed by atoms with Crippen LogP contribution in [0.25, 0.3) is 32.8 Å². The van der Waals surface area contributed by atoms with E-state index in [1.807, 2.05) is 77.4 Å². The summed E-state index contributed by atoms with van der Waals surface area (Å²) in [6.45, 7) is 0.515. The van der Waals surface area contributed by atoms with Crippen molar-refractivity contribution in [1.82, 2.24) is 19.4 Å². The molecule has 1 N–H and O–H groups in total. The van der Waals surface area contributed by atoms with E-state index in [9.17, 15) is 9.59 Å². The molecule has 2 aromatic heterocycles. The number of aromatic nitrogens is 3. The Hall–Kier alpha value is -3.93. The molecule has 0 aliphatic carbocycles. The van der Waals surface area contributed by atoms with Gasteiger partial charge in [-0.05, 0) is 36.4 Å². The molecule has 0 atom stereocenters. The third-order valence-corrected chi connectivity index (χ3v) is 5.42. The van der Waals surface area contributed by atoms with Crippen molar-refractivity contribution in [2.75, 3.05) is 7.05 Å². The van der Waals surface area contributed by atoms with Gasteiger partial charge in [0.25, 0.3) is 0 Å². The minimum absolute atomic E-state index is 0.0134. The van der Waals surface area contributed by atoms with Crippen LogP contribution in [0.4, 0.5) is 0 Å². The van der Waals surface area contributed by atoms with E-state index in [1.54, 1.807) is 11.9 Å². The number of hydrogen-bond donors (Lipinski definition) is 1. The number of fused-ring (bicyclic) bond motifs is 3. The minimum Gasteiger partial charge on any atom is -0.340 e. The number of para-hydroxylation sites is 4. The van der Waals surface area contributed by atoms with Gasteiger partial charge in [0.05, 0.1) is 28.6 Å². The molecule has 6 heteroatoms. The van der Waals surface area contributed by atoms with Gasteiger partial charge in [-0.25, -0.2) is 4.98 Å². The van der Waals surface area contributed by atoms with E-state index in [4.69, 9.17) is 0 Å². The number of nitrogens with one attached hydrogen (secondary N) is 1. The highest BCUT2D eigenvalue weighted by Gasteiger charge is 2.16. The highest BCUT2D eigenvalue weighted by Crippen LogP contribution is 2.19. The van der Waals surface area contributed by atoms with Crippen LogP contribution in [0.2, 0.25) is 0 Å². The number of imidazole rings is 1. The first-order chi connectivity index (χ1) is 14.6. The van der Waals surface area contributed by atoms with E-state index in [0.29, 0.717) is 17.3 Å². The SMILES string of the molecule is CN(Cc1nc2ccccc2[nH]1)C(=O)Cn1c2ccccc2c(=O)c2ccccc21. The number of carbonyl (C=O) groups is 1. The van der Waals surface area contributed by atoms with Gasteiger partial charge >= 0.3 is 0 Å². The second-order valence-electron chi connectivity index (χ2n) is 7.40. The van der Waals surface area contributed by atoms with Crippen molar-refractivity contribution in [2.24, 2.45) is 0 Å². The summed E-state index contributed by atoms with van der Waals surface area (Å²) in [6.07, 6.45) is 0. The number of amides is 1. The molecule has 148 valence electrons. The van der Waals surface area contributed by atoms with E-state index in [1.165, 1.54) is 0 Å². The lowest BCUT2D eigenvalue weighted by Crippen LogP contribution is -2.31. The van der Waals surface area contributed by atoms with Crippen LogP contribution in [0.15, 0.2) is 77.6 Å². The van der Waals surface area contributed by atoms with Crippen LogP contribution in [0, 0.1) is 0 Å². The van der Waals surface area contributed by atoms with Crippen molar-refractivity contribution in [3.63, 3.8) is 0 Å². The number of likely N-dealkylation sites (N-methyl/N-ethyl adjacent to an activating group) is 1. The molecule has 5 rings (SSSR count). The summed E-state index contributed by atoms with van der Waals surface area (Å²) >= 11 is 0. The van der Waals surface area contributed by atoms with E-state index in [-0.39, 0.29) is 17.9 Å². The molecular weight excluding hydrogens is 376 g/mol. The lowest BCUT2D eigenvalue weighted by molar-refractivity contribution is -0.131. The quantitative estimate of drug-likeness (QED) is 0.471. The van der Waals surface area contributed by atoms with Crippen LogP contribution < -0.4 is 5.43 Å². The highest BCUT2D eigenvalue weighted by molar-refractivity contribution is 5.94. The van der Waals surface area contributed by atoms with Gasteiger partial charge < -0.3 is 14.5 Å². The zero-order chi connectivity index (χ0) is 20.7. The van der Waals surface area contributed by atoms with Crippen LogP contribution in [0.1, 0.15) is 5.82 Å². The van der Waals surface area contributed by atoms with Crippen molar-refractivity contribution in [3.05, 3.63) is 88.8 Å². The first-order valence-corrected chi connectivity index (χ1v) is 9.80. The largest absolute Gasteiger partial charge is 0.340 e. The van der Waals surface area contributed by atoms with Crippen molar-refractivity contribution >= 4 is 38.7 Å². The third kappa shape index (κ3) is 3.03. The lowest BCUT2D eigenvalue weighted by atomic mass is 10.1. The Morgan fingerprint density at radius 3 is 2.20 bits per heavy atom. The van der Waals surface area contributed by atoms with Gasteiger partial charge in [0, 0.05) is 17.8 Å². The number of carbonyl (C=O) groups excluding carboxylic acids is 1. The Morgan fingerprint density at radius 2 is 1.53 bits per heavy atom. The van der Waals surface area contributed by atoms with Gasteiger partial charge in [0.1, 0.15) is 12.4 Å². The second-order valence-corrected chi connectivity index (χ2v) is 7.40. The monoisotopic (exact) mass is 396 g/mol. The van der Waals surface area contributed by atoms with Crippen LogP contribution in [-0.2, 0) is 17.9 Å². The Labute approximate surface area is 172 Å². The van der Waals surface area contributed by atoms with Crippen molar-refractivity contribution < 1.29 is 4.79 Å². The number of pyridine rings is 1. The molecule has 3 aromatic carbocycles. The van der Waals surface area contributed by atoms with Crippen LogP contribution >= 0.6 is 0 Å². The Balaban J connectivity index is 1.50. The molecule has 1 amide bonds. The highest BCUT2D eigenvalue weighted by atomic mass is 16.2. The summed E-state index contributed by atoms with van der Waals surface area (Å²) in [4.78, 5) is 35.4. The summed E-state index contributed by atoms with van der Waals surface area (Å²) in [6, 6.07) is 22.6. The fraction of sp³-hybridized carbons (Fsp3) is 0.125. The third-order valence-electron chi connectivity index (χ3n) is 5.42. The Kier molecular flexibility index (Phi) is 4.32. The molecule has 0 aliphatic rings. The molecular formula is C24H20N4O2. The molecule has 0 saturated carbocycles. The van der Waals surface area contributed by atoms with Crippen LogP contribution in [0.3, 0.4) is 0 Å². The standard InChI is InChI=1S/C24H20N4O2/c1-27(14-22-25-18-10-4-5-11-19(18)26-22)23(29)15-28-20-12-6-2-8-16(20)24(30)17-9-3-7-13-21(17)28/h2-13H,14-15H2,1H3,(H,25,26). The van der Waals surface area contributed by atoms with Gasteiger partial charge in [-0.1, -0.05) is 36.4 Å². The summed E-state index contributed by atoms with van der Waals surface area (Å²) in [5.74, 6) is 0.677. The summed E-state index contributed by atoms with van der Waals surface area (Å²) in [5, 5.41) is 1.23. The van der Waals surface area contributed by atoms with E-state index >= 15 is 0 Å². The van der Waals surface area contributed by atoms with Gasteiger partial charge in [-0.15, -0.1) is 0 Å². The van der Waals surface area contributed by atoms with E-state index in [0.717, 1.165) is 27.9 Å².